The molecule has 2 amide bonds. The Morgan fingerprint density at radius 1 is 1.05 bits per heavy atom. The third-order valence-electron chi connectivity index (χ3n) is 2.87. The van der Waals surface area contributed by atoms with E-state index in [2.05, 4.69) is 10.6 Å². The number of rotatable bonds is 2. The zero-order valence-electron chi connectivity index (χ0n) is 11.7. The first-order valence-electron chi connectivity index (χ1n) is 6.34. The summed E-state index contributed by atoms with van der Waals surface area (Å²) in [6.45, 7) is 1.86. The van der Waals surface area contributed by atoms with Crippen LogP contribution < -0.4 is 16.4 Å². The molecule has 2 rings (SSSR count). The molecule has 0 heterocycles. The van der Waals surface area contributed by atoms with Crippen LogP contribution in [0.2, 0.25) is 5.02 Å². The number of nitrogens with two attached hydrogens (primary N) is 1. The fourth-order valence-electron chi connectivity index (χ4n) is 1.76. The summed E-state index contributed by atoms with van der Waals surface area (Å²) >= 11 is 5.77. The van der Waals surface area contributed by atoms with Crippen molar-refractivity contribution in [1.82, 2.24) is 0 Å². The molecule has 0 saturated carbocycles. The summed E-state index contributed by atoms with van der Waals surface area (Å²) in [7, 11) is 0. The van der Waals surface area contributed by atoms with Crippen LogP contribution in [0.15, 0.2) is 36.4 Å². The van der Waals surface area contributed by atoms with Gasteiger partial charge in [0, 0.05) is 5.02 Å². The number of aromatic hydroxyl groups is 1. The van der Waals surface area contributed by atoms with Crippen LogP contribution >= 0.6 is 11.6 Å². The second kappa shape index (κ2) is 6.36. The molecule has 0 unspecified atom stereocenters. The Morgan fingerprint density at radius 2 is 1.68 bits per heavy atom. The molecule has 0 fully saturated rings. The number of nitrogen functional groups attached to an aromatic ring is 1. The number of nitrogens with one attached hydrogen (secondary N) is 2. The molecule has 114 valence electrons. The molecule has 0 aliphatic rings. The summed E-state index contributed by atoms with van der Waals surface area (Å²) in [6, 6.07) is 9.14. The van der Waals surface area contributed by atoms with Crippen molar-refractivity contribution in [3.05, 3.63) is 47.0 Å². The van der Waals surface area contributed by atoms with Crippen molar-refractivity contribution in [2.24, 2.45) is 0 Å². The van der Waals surface area contributed by atoms with Gasteiger partial charge in [-0.1, -0.05) is 17.7 Å². The number of amides is 2. The number of halogens is 1. The number of aryl methyl sites for hydroxylation is 1. The molecule has 0 radical (unpaired) electrons. The number of benzene rings is 2. The largest absolute Gasteiger partial charge is 0.506 e. The van der Waals surface area contributed by atoms with Gasteiger partial charge in [0.05, 0.1) is 17.1 Å². The number of hydrogen-bond donors (Lipinski definition) is 4. The van der Waals surface area contributed by atoms with Gasteiger partial charge < -0.3 is 21.5 Å². The van der Waals surface area contributed by atoms with E-state index in [4.69, 9.17) is 17.3 Å². The highest BCUT2D eigenvalue weighted by molar-refractivity contribution is 6.44. The van der Waals surface area contributed by atoms with Gasteiger partial charge in [0.1, 0.15) is 5.75 Å². The molecule has 2 aromatic rings. The highest BCUT2D eigenvalue weighted by Gasteiger charge is 2.16. The lowest BCUT2D eigenvalue weighted by atomic mass is 10.2. The van der Waals surface area contributed by atoms with Gasteiger partial charge in [-0.3, -0.25) is 9.59 Å². The minimum Gasteiger partial charge on any atom is -0.506 e. The predicted molar refractivity (Wildman–Crippen MR) is 86.0 cm³/mol. The molecule has 2 aromatic carbocycles. The second-order valence-electron chi connectivity index (χ2n) is 4.66. The normalized spacial score (nSPS) is 10.1. The van der Waals surface area contributed by atoms with E-state index in [0.717, 1.165) is 5.56 Å². The molecule has 6 nitrogen and oxygen atoms in total. The Kier molecular flexibility index (Phi) is 4.53. The number of carbonyl (C=O) groups is 2. The fourth-order valence-corrected chi connectivity index (χ4v) is 1.93. The summed E-state index contributed by atoms with van der Waals surface area (Å²) in [5.41, 5.74) is 7.43. The van der Waals surface area contributed by atoms with Crippen LogP contribution in [0, 0.1) is 6.92 Å². The van der Waals surface area contributed by atoms with E-state index in [1.165, 1.54) is 18.2 Å². The molecule has 0 bridgehead atoms. The molecule has 5 N–H and O–H groups in total. The first-order valence-corrected chi connectivity index (χ1v) is 6.71. The summed E-state index contributed by atoms with van der Waals surface area (Å²) < 4.78 is 0. The maximum absolute atomic E-state index is 11.9. The predicted octanol–water partition coefficient (Wildman–Crippen LogP) is 2.51. The van der Waals surface area contributed by atoms with Crippen molar-refractivity contribution in [1.29, 1.82) is 0 Å². The number of phenols is 1. The van der Waals surface area contributed by atoms with E-state index >= 15 is 0 Å². The lowest BCUT2D eigenvalue weighted by Gasteiger charge is -2.10. The quantitative estimate of drug-likeness (QED) is 0.388. The molecule has 0 atom stereocenters. The maximum atomic E-state index is 11.9. The van der Waals surface area contributed by atoms with E-state index < -0.39 is 11.8 Å². The first-order chi connectivity index (χ1) is 10.4. The van der Waals surface area contributed by atoms with Crippen molar-refractivity contribution in [3.8, 4) is 5.75 Å². The Hall–Kier alpha value is -2.73. The van der Waals surface area contributed by atoms with E-state index in [-0.39, 0.29) is 11.4 Å². The molecule has 7 heteroatoms. The van der Waals surface area contributed by atoms with Gasteiger partial charge in [-0.2, -0.15) is 0 Å². The number of carbonyl (C=O) groups excluding carboxylic acids is 2. The average Bonchev–Trinajstić information content (AvgIpc) is 2.45. The zero-order chi connectivity index (χ0) is 16.3. The van der Waals surface area contributed by atoms with Crippen LogP contribution in [-0.2, 0) is 9.59 Å². The third-order valence-corrected chi connectivity index (χ3v) is 3.10. The molecular formula is C15H14ClN3O3. The molecule has 0 aliphatic heterocycles. The van der Waals surface area contributed by atoms with Crippen LogP contribution in [0.5, 0.6) is 5.75 Å². The molecule has 0 saturated heterocycles. The van der Waals surface area contributed by atoms with Crippen LogP contribution in [-0.4, -0.2) is 16.9 Å². The van der Waals surface area contributed by atoms with Gasteiger partial charge in [0.25, 0.3) is 0 Å². The second-order valence-corrected chi connectivity index (χ2v) is 5.10. The van der Waals surface area contributed by atoms with Crippen molar-refractivity contribution in [3.63, 3.8) is 0 Å². The fraction of sp³-hybridized carbons (Fsp3) is 0.0667. The zero-order valence-corrected chi connectivity index (χ0v) is 12.4. The molecular weight excluding hydrogens is 306 g/mol. The van der Waals surface area contributed by atoms with Gasteiger partial charge in [-0.15, -0.1) is 0 Å². The van der Waals surface area contributed by atoms with E-state index in [1.54, 1.807) is 18.2 Å². The smallest absolute Gasteiger partial charge is 0.314 e. The molecule has 0 aromatic heterocycles. The highest BCUT2D eigenvalue weighted by atomic mass is 35.5. The number of hydrogen-bond acceptors (Lipinski definition) is 4. The monoisotopic (exact) mass is 319 g/mol. The van der Waals surface area contributed by atoms with Gasteiger partial charge >= 0.3 is 11.8 Å². The van der Waals surface area contributed by atoms with Gasteiger partial charge in [0.15, 0.2) is 0 Å². The Bertz CT molecular complexity index is 747. The highest BCUT2D eigenvalue weighted by Crippen LogP contribution is 2.26. The lowest BCUT2D eigenvalue weighted by molar-refractivity contribution is -0.133. The minimum atomic E-state index is -0.947. The van der Waals surface area contributed by atoms with Gasteiger partial charge in [-0.05, 0) is 42.8 Å². The molecule has 0 spiro atoms. The van der Waals surface area contributed by atoms with Crippen molar-refractivity contribution in [2.45, 2.75) is 6.92 Å². The van der Waals surface area contributed by atoms with E-state index in [9.17, 15) is 14.7 Å². The topological polar surface area (TPSA) is 104 Å². The maximum Gasteiger partial charge on any atom is 0.314 e. The number of anilines is 3. The van der Waals surface area contributed by atoms with E-state index in [1.807, 2.05) is 6.92 Å². The summed E-state index contributed by atoms with van der Waals surface area (Å²) in [4.78, 5) is 23.7. The summed E-state index contributed by atoms with van der Waals surface area (Å²) in [6.07, 6.45) is 0. The van der Waals surface area contributed by atoms with Crippen LogP contribution in [0.3, 0.4) is 0 Å². The average molecular weight is 320 g/mol. The summed E-state index contributed by atoms with van der Waals surface area (Å²) in [5.74, 6) is -2.05. The van der Waals surface area contributed by atoms with Gasteiger partial charge in [-0.25, -0.2) is 0 Å². The first kappa shape index (κ1) is 15.7. The molecule has 0 aliphatic carbocycles. The Labute approximate surface area is 131 Å². The standard InChI is InChI=1S/C15H14ClN3O3/c1-8-2-4-11(10(17)6-8)18-14(21)15(22)19-12-7-9(16)3-5-13(12)20/h2-7,20H,17H2,1H3,(H,18,21)(H,19,22). The van der Waals surface area contributed by atoms with Crippen molar-refractivity contribution < 1.29 is 14.7 Å². The lowest BCUT2D eigenvalue weighted by Crippen LogP contribution is -2.29. The van der Waals surface area contributed by atoms with Crippen LogP contribution in [0.25, 0.3) is 0 Å². The van der Waals surface area contributed by atoms with Crippen LogP contribution in [0.4, 0.5) is 17.1 Å². The number of phenolic OH excluding ortho intramolecular Hbond substituents is 1. The van der Waals surface area contributed by atoms with Crippen molar-refractivity contribution >= 4 is 40.5 Å². The summed E-state index contributed by atoms with van der Waals surface area (Å²) in [5, 5.41) is 14.6. The Balaban J connectivity index is 2.09. The Morgan fingerprint density at radius 3 is 2.32 bits per heavy atom. The van der Waals surface area contributed by atoms with Crippen LogP contribution in [0.1, 0.15) is 5.56 Å². The minimum absolute atomic E-state index is 0.0459. The third kappa shape index (κ3) is 3.67. The SMILES string of the molecule is Cc1ccc(NC(=O)C(=O)Nc2cc(Cl)ccc2O)c(N)c1. The van der Waals surface area contributed by atoms with E-state index in [0.29, 0.717) is 16.4 Å². The van der Waals surface area contributed by atoms with Gasteiger partial charge in [0.2, 0.25) is 0 Å². The molecule has 22 heavy (non-hydrogen) atoms. The van der Waals surface area contributed by atoms with Crippen molar-refractivity contribution in [2.75, 3.05) is 16.4 Å².